The van der Waals surface area contributed by atoms with Gasteiger partial charge >= 0.3 is 6.03 Å². The minimum Gasteiger partial charge on any atom is -0.383 e. The Balaban J connectivity index is 2.36. The molecule has 0 bridgehead atoms. The quantitative estimate of drug-likeness (QED) is 0.592. The standard InChI is InChI=1S/C20H29ClN4O4S/c1-5-24(19(26)23-15(2)3)13-17-12-22-20(25(17)10-11-29-4)30(27,28)14-16-8-6-7-9-18(16)21/h6-9,12,15H,5,10-11,13-14H2,1-4H3,(H,23,26). The molecule has 0 aliphatic heterocycles. The second-order valence-electron chi connectivity index (χ2n) is 7.15. The molecule has 1 aromatic heterocycles. The first-order chi connectivity index (χ1) is 14.2. The van der Waals surface area contributed by atoms with Gasteiger partial charge in [-0.2, -0.15) is 0 Å². The van der Waals surface area contributed by atoms with Crippen LogP contribution in [-0.2, 0) is 33.4 Å². The zero-order valence-corrected chi connectivity index (χ0v) is 19.3. The average molecular weight is 457 g/mol. The summed E-state index contributed by atoms with van der Waals surface area (Å²) in [6, 6.07) is 6.60. The number of amides is 2. The first-order valence-electron chi connectivity index (χ1n) is 9.74. The molecule has 166 valence electrons. The molecule has 2 rings (SSSR count). The lowest BCUT2D eigenvalue weighted by Crippen LogP contribution is -2.42. The van der Waals surface area contributed by atoms with Gasteiger partial charge < -0.3 is 19.5 Å². The van der Waals surface area contributed by atoms with Crippen molar-refractivity contribution in [3.05, 3.63) is 46.7 Å². The summed E-state index contributed by atoms with van der Waals surface area (Å²) in [5, 5.41) is 3.18. The number of methoxy groups -OCH3 is 1. The van der Waals surface area contributed by atoms with E-state index < -0.39 is 9.84 Å². The van der Waals surface area contributed by atoms with Crippen LogP contribution in [0.25, 0.3) is 0 Å². The Bertz CT molecular complexity index is 959. The maximum absolute atomic E-state index is 13.1. The highest BCUT2D eigenvalue weighted by Gasteiger charge is 2.26. The number of nitrogens with zero attached hydrogens (tertiary/aromatic N) is 3. The Labute approximate surface area is 183 Å². The average Bonchev–Trinajstić information content (AvgIpc) is 3.08. The van der Waals surface area contributed by atoms with Gasteiger partial charge in [0.25, 0.3) is 0 Å². The van der Waals surface area contributed by atoms with E-state index in [2.05, 4.69) is 10.3 Å². The first kappa shape index (κ1) is 24.2. The SMILES string of the molecule is CCN(Cc1cnc(S(=O)(=O)Cc2ccccc2Cl)n1CCOC)C(=O)NC(C)C. The van der Waals surface area contributed by atoms with Crippen molar-refractivity contribution in [1.29, 1.82) is 0 Å². The van der Waals surface area contributed by atoms with E-state index in [4.69, 9.17) is 16.3 Å². The van der Waals surface area contributed by atoms with Crippen LogP contribution in [0, 0.1) is 0 Å². The van der Waals surface area contributed by atoms with Gasteiger partial charge in [0.1, 0.15) is 0 Å². The summed E-state index contributed by atoms with van der Waals surface area (Å²) >= 11 is 6.15. The maximum atomic E-state index is 13.1. The van der Waals surface area contributed by atoms with Crippen molar-refractivity contribution in [2.24, 2.45) is 0 Å². The molecular formula is C20H29ClN4O4S. The van der Waals surface area contributed by atoms with E-state index in [1.807, 2.05) is 20.8 Å². The van der Waals surface area contributed by atoms with Crippen molar-refractivity contribution in [3.63, 3.8) is 0 Å². The highest BCUT2D eigenvalue weighted by molar-refractivity contribution is 7.90. The number of benzene rings is 1. The Kier molecular flexibility index (Phi) is 8.69. The van der Waals surface area contributed by atoms with Crippen LogP contribution in [0.2, 0.25) is 5.02 Å². The molecule has 0 aliphatic carbocycles. The highest BCUT2D eigenvalue weighted by atomic mass is 35.5. The van der Waals surface area contributed by atoms with Crippen LogP contribution < -0.4 is 5.32 Å². The number of carbonyl (C=O) groups is 1. The molecule has 2 aromatic rings. The number of nitrogens with one attached hydrogen (secondary N) is 1. The number of sulfone groups is 1. The van der Waals surface area contributed by atoms with Crippen molar-refractivity contribution < 1.29 is 17.9 Å². The monoisotopic (exact) mass is 456 g/mol. The summed E-state index contributed by atoms with van der Waals surface area (Å²) in [4.78, 5) is 18.2. The summed E-state index contributed by atoms with van der Waals surface area (Å²) in [6.45, 7) is 6.93. The molecule has 0 fully saturated rings. The Hall–Kier alpha value is -2.10. The van der Waals surface area contributed by atoms with Crippen LogP contribution in [0.4, 0.5) is 4.79 Å². The topological polar surface area (TPSA) is 93.5 Å². The minimum atomic E-state index is -3.77. The third-order valence-corrected chi connectivity index (χ3v) is 6.38. The molecular weight excluding hydrogens is 428 g/mol. The molecule has 0 atom stereocenters. The molecule has 1 aromatic carbocycles. The van der Waals surface area contributed by atoms with Crippen molar-refractivity contribution in [1.82, 2.24) is 19.8 Å². The number of carbonyl (C=O) groups excluding carboxylic acids is 1. The third-order valence-electron chi connectivity index (χ3n) is 4.44. The van der Waals surface area contributed by atoms with Gasteiger partial charge in [-0.05, 0) is 32.4 Å². The lowest BCUT2D eigenvalue weighted by Gasteiger charge is -2.23. The maximum Gasteiger partial charge on any atom is 0.317 e. The van der Waals surface area contributed by atoms with Gasteiger partial charge in [0.2, 0.25) is 15.0 Å². The van der Waals surface area contributed by atoms with Gasteiger partial charge in [-0.25, -0.2) is 18.2 Å². The summed E-state index contributed by atoms with van der Waals surface area (Å²) in [7, 11) is -2.22. The Morgan fingerprint density at radius 2 is 2.03 bits per heavy atom. The Morgan fingerprint density at radius 3 is 2.63 bits per heavy atom. The molecule has 10 heteroatoms. The molecule has 0 aliphatic rings. The van der Waals surface area contributed by atoms with Crippen molar-refractivity contribution in [2.75, 3.05) is 20.3 Å². The summed E-state index contributed by atoms with van der Waals surface area (Å²) in [6.07, 6.45) is 1.50. The van der Waals surface area contributed by atoms with E-state index in [9.17, 15) is 13.2 Å². The lowest BCUT2D eigenvalue weighted by atomic mass is 10.2. The fourth-order valence-corrected chi connectivity index (χ4v) is 4.76. The van der Waals surface area contributed by atoms with E-state index in [1.165, 1.54) is 6.20 Å². The fourth-order valence-electron chi connectivity index (χ4n) is 2.93. The number of rotatable bonds is 10. The predicted molar refractivity (Wildman–Crippen MR) is 116 cm³/mol. The van der Waals surface area contributed by atoms with Crippen LogP contribution in [0.3, 0.4) is 0 Å². The predicted octanol–water partition coefficient (Wildman–Crippen LogP) is 3.10. The van der Waals surface area contributed by atoms with E-state index in [0.29, 0.717) is 36.0 Å². The van der Waals surface area contributed by atoms with Crippen molar-refractivity contribution >= 4 is 27.5 Å². The van der Waals surface area contributed by atoms with Crippen LogP contribution >= 0.6 is 11.6 Å². The zero-order valence-electron chi connectivity index (χ0n) is 17.8. The third kappa shape index (κ3) is 6.20. The molecule has 2 amide bonds. The number of urea groups is 1. The normalized spacial score (nSPS) is 11.7. The first-order valence-corrected chi connectivity index (χ1v) is 11.8. The summed E-state index contributed by atoms with van der Waals surface area (Å²) in [5.41, 5.74) is 1.12. The van der Waals surface area contributed by atoms with Gasteiger partial charge in [0.15, 0.2) is 0 Å². The smallest absolute Gasteiger partial charge is 0.317 e. The summed E-state index contributed by atoms with van der Waals surface area (Å²) in [5.74, 6) is -0.262. The van der Waals surface area contributed by atoms with E-state index in [0.717, 1.165) is 0 Å². The zero-order chi connectivity index (χ0) is 22.3. The number of imidazole rings is 1. The van der Waals surface area contributed by atoms with Gasteiger partial charge in [-0.1, -0.05) is 29.8 Å². The molecule has 0 radical (unpaired) electrons. The van der Waals surface area contributed by atoms with Crippen molar-refractivity contribution in [2.45, 2.75) is 50.8 Å². The minimum absolute atomic E-state index is 0.00323. The van der Waals surface area contributed by atoms with Crippen LogP contribution in [0.15, 0.2) is 35.6 Å². The van der Waals surface area contributed by atoms with Crippen LogP contribution in [0.1, 0.15) is 32.0 Å². The van der Waals surface area contributed by atoms with Gasteiger partial charge in [-0.15, -0.1) is 0 Å². The van der Waals surface area contributed by atoms with E-state index in [1.54, 1.807) is 40.8 Å². The largest absolute Gasteiger partial charge is 0.383 e. The number of hydrogen-bond acceptors (Lipinski definition) is 5. The van der Waals surface area contributed by atoms with Crippen LogP contribution in [0.5, 0.6) is 0 Å². The number of ether oxygens (including phenoxy) is 1. The molecule has 8 nitrogen and oxygen atoms in total. The van der Waals surface area contributed by atoms with E-state index in [-0.39, 0.29) is 29.5 Å². The molecule has 1 heterocycles. The summed E-state index contributed by atoms with van der Waals surface area (Å²) < 4.78 is 33.0. The number of aromatic nitrogens is 2. The second kappa shape index (κ2) is 10.8. The molecule has 30 heavy (non-hydrogen) atoms. The van der Waals surface area contributed by atoms with Crippen molar-refractivity contribution in [3.8, 4) is 0 Å². The number of halogens is 1. The van der Waals surface area contributed by atoms with Gasteiger partial charge in [0, 0.05) is 31.3 Å². The van der Waals surface area contributed by atoms with E-state index >= 15 is 0 Å². The molecule has 0 saturated heterocycles. The number of hydrogen-bond donors (Lipinski definition) is 1. The molecule has 0 spiro atoms. The molecule has 0 saturated carbocycles. The fraction of sp³-hybridized carbons (Fsp3) is 0.500. The Morgan fingerprint density at radius 1 is 1.33 bits per heavy atom. The van der Waals surface area contributed by atoms with Crippen LogP contribution in [-0.4, -0.2) is 55.2 Å². The lowest BCUT2D eigenvalue weighted by molar-refractivity contribution is 0.179. The second-order valence-corrected chi connectivity index (χ2v) is 9.44. The molecule has 0 unspecified atom stereocenters. The van der Waals surface area contributed by atoms with Gasteiger partial charge in [-0.3, -0.25) is 0 Å². The van der Waals surface area contributed by atoms with Gasteiger partial charge in [0.05, 0.1) is 30.8 Å². The molecule has 1 N–H and O–H groups in total. The highest BCUT2D eigenvalue weighted by Crippen LogP contribution is 2.23.